The normalized spacial score (nSPS) is 15.3. The number of rotatable bonds is 1. The van der Waals surface area contributed by atoms with E-state index < -0.39 is 0 Å². The fraction of sp³-hybridized carbons (Fsp3) is 0.286. The SMILES string of the molecule is c1coc(-c2c3c(nc4c2oc2ccccc24)CCCCCC3)c1. The van der Waals surface area contributed by atoms with Crippen molar-refractivity contribution in [1.82, 2.24) is 4.98 Å². The molecule has 0 unspecified atom stereocenters. The minimum absolute atomic E-state index is 0.866. The number of benzene rings is 1. The minimum atomic E-state index is 0.866. The van der Waals surface area contributed by atoms with E-state index in [1.807, 2.05) is 30.3 Å². The van der Waals surface area contributed by atoms with Gasteiger partial charge in [0.25, 0.3) is 0 Å². The third-order valence-electron chi connectivity index (χ3n) is 5.05. The maximum Gasteiger partial charge on any atom is 0.165 e. The van der Waals surface area contributed by atoms with Gasteiger partial charge in [0, 0.05) is 11.1 Å². The first-order valence-electron chi connectivity index (χ1n) is 8.79. The standard InChI is InChI=1S/C21H19NO2/c1-2-4-10-16-14(8-3-1)19(18-12-7-13-23-18)21-20(22-16)15-9-5-6-11-17(15)24-21/h5-7,9,11-13H,1-4,8,10H2. The molecule has 1 aliphatic rings. The van der Waals surface area contributed by atoms with Gasteiger partial charge in [-0.3, -0.25) is 0 Å². The summed E-state index contributed by atoms with van der Waals surface area (Å²) in [5.41, 5.74) is 6.38. The van der Waals surface area contributed by atoms with Crippen molar-refractivity contribution in [2.24, 2.45) is 0 Å². The number of hydrogen-bond acceptors (Lipinski definition) is 3. The van der Waals surface area contributed by atoms with E-state index in [0.29, 0.717) is 0 Å². The van der Waals surface area contributed by atoms with Crippen LogP contribution in [0.5, 0.6) is 0 Å². The molecule has 120 valence electrons. The summed E-state index contributed by atoms with van der Waals surface area (Å²) < 4.78 is 12.0. The number of furan rings is 2. The number of pyridine rings is 1. The molecule has 3 heterocycles. The molecule has 3 aromatic heterocycles. The number of fused-ring (bicyclic) bond motifs is 4. The maximum atomic E-state index is 6.22. The average molecular weight is 317 g/mol. The molecule has 0 spiro atoms. The minimum Gasteiger partial charge on any atom is -0.464 e. The summed E-state index contributed by atoms with van der Waals surface area (Å²) in [6, 6.07) is 12.1. The Kier molecular flexibility index (Phi) is 3.18. The van der Waals surface area contributed by atoms with E-state index in [4.69, 9.17) is 13.8 Å². The van der Waals surface area contributed by atoms with Crippen LogP contribution in [0.4, 0.5) is 0 Å². The van der Waals surface area contributed by atoms with Crippen molar-refractivity contribution >= 4 is 22.1 Å². The zero-order valence-corrected chi connectivity index (χ0v) is 13.5. The van der Waals surface area contributed by atoms with Crippen molar-refractivity contribution in [2.75, 3.05) is 0 Å². The van der Waals surface area contributed by atoms with Crippen molar-refractivity contribution in [2.45, 2.75) is 38.5 Å². The first-order valence-corrected chi connectivity index (χ1v) is 8.79. The Morgan fingerprint density at radius 2 is 1.75 bits per heavy atom. The van der Waals surface area contributed by atoms with Crippen LogP contribution < -0.4 is 0 Å². The second-order valence-corrected chi connectivity index (χ2v) is 6.58. The van der Waals surface area contributed by atoms with Crippen molar-refractivity contribution < 1.29 is 8.83 Å². The highest BCUT2D eigenvalue weighted by molar-refractivity contribution is 6.07. The van der Waals surface area contributed by atoms with Gasteiger partial charge >= 0.3 is 0 Å². The lowest BCUT2D eigenvalue weighted by atomic mass is 9.92. The number of aryl methyl sites for hydroxylation is 1. The van der Waals surface area contributed by atoms with Crippen molar-refractivity contribution in [3.63, 3.8) is 0 Å². The average Bonchev–Trinajstić information content (AvgIpc) is 3.22. The van der Waals surface area contributed by atoms with Gasteiger partial charge in [-0.05, 0) is 55.5 Å². The molecule has 0 aliphatic heterocycles. The summed E-state index contributed by atoms with van der Waals surface area (Å²) in [5.74, 6) is 0.887. The Hall–Kier alpha value is -2.55. The van der Waals surface area contributed by atoms with Gasteiger partial charge in [0.1, 0.15) is 16.9 Å². The molecule has 1 aromatic carbocycles. The number of para-hydroxylation sites is 1. The molecule has 4 aromatic rings. The van der Waals surface area contributed by atoms with Crippen molar-refractivity contribution in [3.05, 3.63) is 53.9 Å². The fourth-order valence-corrected chi connectivity index (χ4v) is 3.90. The summed E-state index contributed by atoms with van der Waals surface area (Å²) in [4.78, 5) is 5.04. The lowest BCUT2D eigenvalue weighted by Crippen LogP contribution is -2.05. The number of aromatic nitrogens is 1. The predicted octanol–water partition coefficient (Wildman–Crippen LogP) is 5.90. The summed E-state index contributed by atoms with van der Waals surface area (Å²) in [6.45, 7) is 0. The highest BCUT2D eigenvalue weighted by atomic mass is 16.3. The van der Waals surface area contributed by atoms with E-state index in [-0.39, 0.29) is 0 Å². The predicted molar refractivity (Wildman–Crippen MR) is 95.1 cm³/mol. The van der Waals surface area contributed by atoms with Crippen LogP contribution in [0.1, 0.15) is 36.9 Å². The molecule has 0 saturated carbocycles. The number of hydrogen-bond donors (Lipinski definition) is 0. The summed E-state index contributed by atoms with van der Waals surface area (Å²) in [7, 11) is 0. The Balaban J connectivity index is 1.91. The van der Waals surface area contributed by atoms with Gasteiger partial charge in [0.05, 0.1) is 11.8 Å². The first kappa shape index (κ1) is 13.8. The topological polar surface area (TPSA) is 39.2 Å². The van der Waals surface area contributed by atoms with E-state index in [0.717, 1.165) is 46.2 Å². The largest absolute Gasteiger partial charge is 0.464 e. The van der Waals surface area contributed by atoms with E-state index in [9.17, 15) is 0 Å². The van der Waals surface area contributed by atoms with Crippen LogP contribution in [0.25, 0.3) is 33.4 Å². The Morgan fingerprint density at radius 3 is 2.62 bits per heavy atom. The van der Waals surface area contributed by atoms with Gasteiger partial charge in [-0.2, -0.15) is 0 Å². The van der Waals surface area contributed by atoms with Crippen LogP contribution in [0.2, 0.25) is 0 Å². The van der Waals surface area contributed by atoms with Gasteiger partial charge in [-0.25, -0.2) is 4.98 Å². The molecule has 5 rings (SSSR count). The third-order valence-corrected chi connectivity index (χ3v) is 5.05. The third kappa shape index (κ3) is 2.08. The van der Waals surface area contributed by atoms with Crippen LogP contribution in [-0.4, -0.2) is 4.98 Å². The molecule has 0 N–H and O–H groups in total. The zero-order valence-electron chi connectivity index (χ0n) is 13.5. The van der Waals surface area contributed by atoms with Crippen LogP contribution in [-0.2, 0) is 12.8 Å². The molecule has 0 bridgehead atoms. The van der Waals surface area contributed by atoms with E-state index in [1.165, 1.54) is 36.9 Å². The molecule has 0 amide bonds. The molecular formula is C21H19NO2. The quantitative estimate of drug-likeness (QED) is 0.439. The molecule has 1 aliphatic carbocycles. The van der Waals surface area contributed by atoms with Crippen LogP contribution >= 0.6 is 0 Å². The van der Waals surface area contributed by atoms with Gasteiger partial charge < -0.3 is 8.83 Å². The lowest BCUT2D eigenvalue weighted by molar-refractivity contribution is 0.574. The summed E-state index contributed by atoms with van der Waals surface area (Å²) >= 11 is 0. The molecule has 0 atom stereocenters. The molecule has 0 fully saturated rings. The molecule has 3 heteroatoms. The number of nitrogens with zero attached hydrogens (tertiary/aromatic N) is 1. The van der Waals surface area contributed by atoms with E-state index in [2.05, 4.69) is 6.07 Å². The first-order chi connectivity index (χ1) is 11.9. The molecular weight excluding hydrogens is 298 g/mol. The monoisotopic (exact) mass is 317 g/mol. The van der Waals surface area contributed by atoms with Crippen LogP contribution in [0.15, 0.2) is 51.5 Å². The Bertz CT molecular complexity index is 1010. The van der Waals surface area contributed by atoms with Gasteiger partial charge in [0.15, 0.2) is 5.58 Å². The fourth-order valence-electron chi connectivity index (χ4n) is 3.90. The molecule has 24 heavy (non-hydrogen) atoms. The lowest BCUT2D eigenvalue weighted by Gasteiger charge is -2.16. The zero-order chi connectivity index (χ0) is 15.9. The second kappa shape index (κ2) is 5.52. The van der Waals surface area contributed by atoms with Crippen LogP contribution in [0, 0.1) is 0 Å². The summed E-state index contributed by atoms with van der Waals surface area (Å²) in [5, 5.41) is 1.09. The molecule has 0 saturated heterocycles. The maximum absolute atomic E-state index is 6.22. The van der Waals surface area contributed by atoms with E-state index >= 15 is 0 Å². The smallest absolute Gasteiger partial charge is 0.165 e. The Morgan fingerprint density at radius 1 is 0.875 bits per heavy atom. The molecule has 0 radical (unpaired) electrons. The Labute approximate surface area is 140 Å². The highest BCUT2D eigenvalue weighted by Crippen LogP contribution is 2.39. The van der Waals surface area contributed by atoms with Crippen molar-refractivity contribution in [3.8, 4) is 11.3 Å². The van der Waals surface area contributed by atoms with Gasteiger partial charge in [-0.15, -0.1) is 0 Å². The van der Waals surface area contributed by atoms with Crippen molar-refractivity contribution in [1.29, 1.82) is 0 Å². The second-order valence-electron chi connectivity index (χ2n) is 6.58. The van der Waals surface area contributed by atoms with Crippen LogP contribution in [0.3, 0.4) is 0 Å². The van der Waals surface area contributed by atoms with Gasteiger partial charge in [0.2, 0.25) is 0 Å². The summed E-state index contributed by atoms with van der Waals surface area (Å²) in [6.07, 6.45) is 8.81. The van der Waals surface area contributed by atoms with Gasteiger partial charge in [-0.1, -0.05) is 25.0 Å². The molecule has 3 nitrogen and oxygen atoms in total. The highest BCUT2D eigenvalue weighted by Gasteiger charge is 2.23. The van der Waals surface area contributed by atoms with E-state index in [1.54, 1.807) is 6.26 Å².